The summed E-state index contributed by atoms with van der Waals surface area (Å²) in [6, 6.07) is 12.9. The zero-order valence-corrected chi connectivity index (χ0v) is 17.0. The second-order valence-electron chi connectivity index (χ2n) is 6.91. The van der Waals surface area contributed by atoms with Crippen LogP contribution >= 0.6 is 0 Å². The van der Waals surface area contributed by atoms with Crippen LogP contribution in [0.4, 0.5) is 21.7 Å². The molecular formula is C20H21FN6O2S. The number of rotatable bonds is 6. The highest BCUT2D eigenvalue weighted by Gasteiger charge is 2.27. The number of benzene rings is 1. The van der Waals surface area contributed by atoms with Gasteiger partial charge in [-0.1, -0.05) is 12.1 Å². The van der Waals surface area contributed by atoms with Crippen LogP contribution < -0.4 is 10.2 Å². The van der Waals surface area contributed by atoms with Crippen molar-refractivity contribution in [3.8, 4) is 0 Å². The molecule has 156 valence electrons. The third kappa shape index (κ3) is 4.89. The Bertz CT molecular complexity index is 1070. The number of hydrogen-bond acceptors (Lipinski definition) is 7. The number of pyridine rings is 1. The maximum absolute atomic E-state index is 13.0. The van der Waals surface area contributed by atoms with E-state index >= 15 is 0 Å². The van der Waals surface area contributed by atoms with Crippen molar-refractivity contribution in [1.29, 1.82) is 0 Å². The van der Waals surface area contributed by atoms with Crippen molar-refractivity contribution in [2.45, 2.75) is 5.75 Å². The van der Waals surface area contributed by atoms with Crippen molar-refractivity contribution in [2.24, 2.45) is 0 Å². The first-order valence-electron chi connectivity index (χ1n) is 9.48. The van der Waals surface area contributed by atoms with Crippen molar-refractivity contribution >= 4 is 27.3 Å². The highest BCUT2D eigenvalue weighted by atomic mass is 32.2. The molecule has 0 bridgehead atoms. The first-order chi connectivity index (χ1) is 14.5. The van der Waals surface area contributed by atoms with Gasteiger partial charge in [-0.3, -0.25) is 4.98 Å². The molecular weight excluding hydrogens is 407 g/mol. The molecule has 0 aliphatic carbocycles. The van der Waals surface area contributed by atoms with Crippen molar-refractivity contribution < 1.29 is 12.8 Å². The third-order valence-electron chi connectivity index (χ3n) is 4.82. The van der Waals surface area contributed by atoms with Gasteiger partial charge in [0.25, 0.3) is 0 Å². The number of sulfonamides is 1. The van der Waals surface area contributed by atoms with E-state index in [0.717, 1.165) is 5.69 Å². The van der Waals surface area contributed by atoms with Crippen LogP contribution in [-0.4, -0.2) is 54.1 Å². The van der Waals surface area contributed by atoms with Crippen molar-refractivity contribution in [1.82, 2.24) is 19.5 Å². The number of nitrogens with zero attached hydrogens (tertiary/aromatic N) is 5. The fraction of sp³-hybridized carbons (Fsp3) is 0.250. The molecule has 0 atom stereocenters. The zero-order chi connectivity index (χ0) is 21.0. The predicted octanol–water partition coefficient (Wildman–Crippen LogP) is 2.41. The van der Waals surface area contributed by atoms with E-state index < -0.39 is 10.0 Å². The minimum atomic E-state index is -3.46. The maximum atomic E-state index is 13.0. The topological polar surface area (TPSA) is 91.3 Å². The normalized spacial score (nSPS) is 15.2. The Morgan fingerprint density at radius 2 is 1.60 bits per heavy atom. The third-order valence-corrected chi connectivity index (χ3v) is 6.67. The standard InChI is InChI=1S/C20H21FN6O2S/c21-17-3-1-16(2-4-17)15-30(28,29)27-13-11-26(12-14-27)20-6-5-19(24-25-20)23-18-7-9-22-10-8-18/h1-10H,11-15H2,(H,22,23,24). The second kappa shape index (κ2) is 8.72. The lowest BCUT2D eigenvalue weighted by Gasteiger charge is -2.34. The molecule has 8 nitrogen and oxygen atoms in total. The Hall–Kier alpha value is -3.11. The monoisotopic (exact) mass is 428 g/mol. The molecule has 0 unspecified atom stereocenters. The Labute approximate surface area is 174 Å². The number of halogens is 1. The molecule has 3 heterocycles. The quantitative estimate of drug-likeness (QED) is 0.645. The van der Waals surface area contributed by atoms with E-state index in [0.29, 0.717) is 43.4 Å². The van der Waals surface area contributed by atoms with Gasteiger partial charge < -0.3 is 10.2 Å². The minimum Gasteiger partial charge on any atom is -0.352 e. The van der Waals surface area contributed by atoms with Gasteiger partial charge in [0.2, 0.25) is 10.0 Å². The van der Waals surface area contributed by atoms with Crippen LogP contribution in [0.5, 0.6) is 0 Å². The summed E-state index contributed by atoms with van der Waals surface area (Å²) in [7, 11) is -3.46. The van der Waals surface area contributed by atoms with Gasteiger partial charge in [0.05, 0.1) is 5.75 Å². The van der Waals surface area contributed by atoms with Gasteiger partial charge in [0, 0.05) is 44.3 Å². The Morgan fingerprint density at radius 3 is 2.23 bits per heavy atom. The van der Waals surface area contributed by atoms with Crippen LogP contribution in [-0.2, 0) is 15.8 Å². The Kier molecular flexibility index (Phi) is 5.86. The number of piperazine rings is 1. The SMILES string of the molecule is O=S(=O)(Cc1ccc(F)cc1)N1CCN(c2ccc(Nc3ccncc3)nn2)CC1. The summed E-state index contributed by atoms with van der Waals surface area (Å²) in [4.78, 5) is 5.97. The lowest BCUT2D eigenvalue weighted by molar-refractivity contribution is 0.383. The molecule has 0 radical (unpaired) electrons. The molecule has 1 fully saturated rings. The van der Waals surface area contributed by atoms with Crippen LogP contribution in [0.15, 0.2) is 60.9 Å². The molecule has 1 aliphatic rings. The van der Waals surface area contributed by atoms with E-state index in [1.807, 2.05) is 29.2 Å². The van der Waals surface area contributed by atoms with Crippen molar-refractivity contribution in [3.05, 3.63) is 72.3 Å². The molecule has 0 spiro atoms. The molecule has 1 aliphatic heterocycles. The summed E-state index contributed by atoms with van der Waals surface area (Å²) in [6.07, 6.45) is 3.38. The van der Waals surface area contributed by atoms with Crippen LogP contribution in [0.2, 0.25) is 0 Å². The zero-order valence-electron chi connectivity index (χ0n) is 16.1. The molecule has 1 N–H and O–H groups in total. The first kappa shape index (κ1) is 20.2. The average Bonchev–Trinajstić information content (AvgIpc) is 2.77. The highest BCUT2D eigenvalue weighted by molar-refractivity contribution is 7.88. The van der Waals surface area contributed by atoms with E-state index in [1.165, 1.54) is 28.6 Å². The van der Waals surface area contributed by atoms with Crippen LogP contribution in [0, 0.1) is 5.82 Å². The number of hydrogen-bond donors (Lipinski definition) is 1. The first-order valence-corrected chi connectivity index (χ1v) is 11.1. The van der Waals surface area contributed by atoms with E-state index in [2.05, 4.69) is 20.5 Å². The van der Waals surface area contributed by atoms with Crippen molar-refractivity contribution in [3.63, 3.8) is 0 Å². The van der Waals surface area contributed by atoms with Gasteiger partial charge in [0.15, 0.2) is 11.6 Å². The van der Waals surface area contributed by atoms with E-state index in [4.69, 9.17) is 0 Å². The lowest BCUT2D eigenvalue weighted by Crippen LogP contribution is -2.49. The number of aromatic nitrogens is 3. The molecule has 30 heavy (non-hydrogen) atoms. The summed E-state index contributed by atoms with van der Waals surface area (Å²) < 4.78 is 39.9. The summed E-state index contributed by atoms with van der Waals surface area (Å²) in [5.41, 5.74) is 1.44. The molecule has 0 saturated carbocycles. The van der Waals surface area contributed by atoms with Gasteiger partial charge in [-0.15, -0.1) is 10.2 Å². The number of nitrogens with one attached hydrogen (secondary N) is 1. The molecule has 1 aromatic carbocycles. The van der Waals surface area contributed by atoms with E-state index in [9.17, 15) is 12.8 Å². The average molecular weight is 428 g/mol. The van der Waals surface area contributed by atoms with Gasteiger partial charge >= 0.3 is 0 Å². The van der Waals surface area contributed by atoms with Gasteiger partial charge in [-0.25, -0.2) is 12.8 Å². The fourth-order valence-corrected chi connectivity index (χ4v) is 4.74. The molecule has 4 rings (SSSR count). The second-order valence-corrected chi connectivity index (χ2v) is 8.88. The molecule has 1 saturated heterocycles. The Morgan fingerprint density at radius 1 is 0.900 bits per heavy atom. The number of anilines is 3. The minimum absolute atomic E-state index is 0.136. The van der Waals surface area contributed by atoms with Gasteiger partial charge in [-0.05, 0) is 42.0 Å². The fourth-order valence-electron chi connectivity index (χ4n) is 3.22. The maximum Gasteiger partial charge on any atom is 0.218 e. The largest absolute Gasteiger partial charge is 0.352 e. The Balaban J connectivity index is 1.34. The van der Waals surface area contributed by atoms with Crippen LogP contribution in [0.25, 0.3) is 0 Å². The summed E-state index contributed by atoms with van der Waals surface area (Å²) in [6.45, 7) is 1.77. The van der Waals surface area contributed by atoms with Crippen molar-refractivity contribution in [2.75, 3.05) is 36.4 Å². The van der Waals surface area contributed by atoms with Crippen LogP contribution in [0.1, 0.15) is 5.56 Å². The van der Waals surface area contributed by atoms with E-state index in [-0.39, 0.29) is 11.6 Å². The van der Waals surface area contributed by atoms with Gasteiger partial charge in [0.1, 0.15) is 5.82 Å². The highest BCUT2D eigenvalue weighted by Crippen LogP contribution is 2.19. The van der Waals surface area contributed by atoms with E-state index in [1.54, 1.807) is 12.4 Å². The lowest BCUT2D eigenvalue weighted by atomic mass is 10.2. The smallest absolute Gasteiger partial charge is 0.218 e. The van der Waals surface area contributed by atoms with Crippen LogP contribution in [0.3, 0.4) is 0 Å². The predicted molar refractivity (Wildman–Crippen MR) is 112 cm³/mol. The molecule has 3 aromatic rings. The molecule has 2 aromatic heterocycles. The van der Waals surface area contributed by atoms with Gasteiger partial charge in [-0.2, -0.15) is 4.31 Å². The summed E-state index contributed by atoms with van der Waals surface area (Å²) in [5, 5.41) is 11.6. The summed E-state index contributed by atoms with van der Waals surface area (Å²) >= 11 is 0. The summed E-state index contributed by atoms with van der Waals surface area (Å²) in [5.74, 6) is 0.798. The molecule has 10 heteroatoms. The molecule has 0 amide bonds.